The van der Waals surface area contributed by atoms with Crippen LogP contribution in [0.3, 0.4) is 0 Å². The Labute approximate surface area is 71.3 Å². The fourth-order valence-corrected chi connectivity index (χ4v) is 0.919. The van der Waals surface area contributed by atoms with Crippen LogP contribution < -0.4 is 0 Å². The van der Waals surface area contributed by atoms with E-state index in [9.17, 15) is 4.79 Å². The predicted molar refractivity (Wildman–Crippen MR) is 43.8 cm³/mol. The summed E-state index contributed by atoms with van der Waals surface area (Å²) >= 11 is 0. The van der Waals surface area contributed by atoms with Gasteiger partial charge in [-0.15, -0.1) is 0 Å². The molecular weight excluding hydrogens is 156 g/mol. The van der Waals surface area contributed by atoms with Gasteiger partial charge in [0.2, 0.25) is 0 Å². The first-order chi connectivity index (χ1) is 5.76. The Morgan fingerprint density at radius 1 is 1.67 bits per heavy atom. The van der Waals surface area contributed by atoms with Crippen molar-refractivity contribution in [1.29, 1.82) is 0 Å². The Bertz CT molecular complexity index is 262. The van der Waals surface area contributed by atoms with Gasteiger partial charge in [-0.25, -0.2) is 0 Å². The quantitative estimate of drug-likeness (QED) is 0.643. The summed E-state index contributed by atoms with van der Waals surface area (Å²) in [6.45, 7) is 2.03. The average molecular weight is 168 g/mol. The standard InChI is InChI=1S/C9H12O3/c1-3-7-4-8(12-6-7)5-9(10)11-2/h4,6H,3,5H2,1-2H3. The Kier molecular flexibility index (Phi) is 2.91. The van der Waals surface area contributed by atoms with Gasteiger partial charge in [-0.2, -0.15) is 0 Å². The van der Waals surface area contributed by atoms with Crippen LogP contribution in [0, 0.1) is 0 Å². The summed E-state index contributed by atoms with van der Waals surface area (Å²) in [5, 5.41) is 0. The number of rotatable bonds is 3. The highest BCUT2D eigenvalue weighted by Crippen LogP contribution is 2.09. The molecule has 0 aliphatic carbocycles. The fourth-order valence-electron chi connectivity index (χ4n) is 0.919. The first-order valence-electron chi connectivity index (χ1n) is 3.89. The van der Waals surface area contributed by atoms with E-state index < -0.39 is 0 Å². The van der Waals surface area contributed by atoms with Crippen LogP contribution in [0.5, 0.6) is 0 Å². The molecule has 0 amide bonds. The van der Waals surface area contributed by atoms with Crippen LogP contribution in [0.1, 0.15) is 18.2 Å². The van der Waals surface area contributed by atoms with Crippen molar-refractivity contribution in [2.24, 2.45) is 0 Å². The first-order valence-corrected chi connectivity index (χ1v) is 3.89. The number of hydrogen-bond donors (Lipinski definition) is 0. The molecule has 0 N–H and O–H groups in total. The first kappa shape index (κ1) is 8.84. The summed E-state index contributed by atoms with van der Waals surface area (Å²) in [5.41, 5.74) is 1.11. The summed E-state index contributed by atoms with van der Waals surface area (Å²) in [6.07, 6.45) is 2.81. The summed E-state index contributed by atoms with van der Waals surface area (Å²) in [7, 11) is 1.37. The van der Waals surface area contributed by atoms with Crippen molar-refractivity contribution < 1.29 is 13.9 Å². The van der Waals surface area contributed by atoms with Crippen LogP contribution in [0.25, 0.3) is 0 Å². The molecule has 3 nitrogen and oxygen atoms in total. The van der Waals surface area contributed by atoms with Gasteiger partial charge >= 0.3 is 5.97 Å². The molecule has 1 aromatic rings. The van der Waals surface area contributed by atoms with Gasteiger partial charge in [0.05, 0.1) is 13.4 Å². The summed E-state index contributed by atoms with van der Waals surface area (Å²) in [6, 6.07) is 1.87. The zero-order valence-corrected chi connectivity index (χ0v) is 7.29. The van der Waals surface area contributed by atoms with E-state index in [1.54, 1.807) is 6.26 Å². The maximum absolute atomic E-state index is 10.8. The largest absolute Gasteiger partial charge is 0.469 e. The van der Waals surface area contributed by atoms with Crippen molar-refractivity contribution in [2.45, 2.75) is 19.8 Å². The number of hydrogen-bond acceptors (Lipinski definition) is 3. The molecule has 0 atom stereocenters. The van der Waals surface area contributed by atoms with Gasteiger partial charge in [-0.1, -0.05) is 6.92 Å². The second-order valence-corrected chi connectivity index (χ2v) is 2.53. The Balaban J connectivity index is 2.58. The van der Waals surface area contributed by atoms with Gasteiger partial charge in [-0.3, -0.25) is 4.79 Å². The molecule has 0 aliphatic heterocycles. The fraction of sp³-hybridized carbons (Fsp3) is 0.444. The Hall–Kier alpha value is -1.25. The molecular formula is C9H12O3. The molecule has 12 heavy (non-hydrogen) atoms. The minimum atomic E-state index is -0.271. The van der Waals surface area contributed by atoms with Gasteiger partial charge in [0.15, 0.2) is 0 Å². The molecule has 0 aliphatic rings. The van der Waals surface area contributed by atoms with Crippen LogP contribution in [0.2, 0.25) is 0 Å². The number of carbonyl (C=O) groups excluding carboxylic acids is 1. The molecule has 0 radical (unpaired) electrons. The van der Waals surface area contributed by atoms with E-state index in [1.807, 2.05) is 13.0 Å². The van der Waals surface area contributed by atoms with Crippen molar-refractivity contribution in [3.63, 3.8) is 0 Å². The predicted octanol–water partition coefficient (Wildman–Crippen LogP) is 1.56. The Morgan fingerprint density at radius 3 is 2.92 bits per heavy atom. The van der Waals surface area contributed by atoms with Crippen LogP contribution in [0.4, 0.5) is 0 Å². The molecule has 0 aromatic carbocycles. The molecule has 66 valence electrons. The van der Waals surface area contributed by atoms with Crippen LogP contribution in [-0.4, -0.2) is 13.1 Å². The molecule has 0 saturated heterocycles. The molecule has 0 unspecified atom stereocenters. The topological polar surface area (TPSA) is 39.4 Å². The van der Waals surface area contributed by atoms with Crippen LogP contribution >= 0.6 is 0 Å². The van der Waals surface area contributed by atoms with Gasteiger partial charge in [0.1, 0.15) is 12.2 Å². The molecule has 1 heterocycles. The number of ether oxygens (including phenoxy) is 1. The van der Waals surface area contributed by atoms with Crippen molar-refractivity contribution in [3.05, 3.63) is 23.7 Å². The summed E-state index contributed by atoms with van der Waals surface area (Å²) in [5.74, 6) is 0.394. The zero-order valence-electron chi connectivity index (χ0n) is 7.29. The number of carbonyl (C=O) groups is 1. The van der Waals surface area contributed by atoms with E-state index >= 15 is 0 Å². The third-order valence-corrected chi connectivity index (χ3v) is 1.66. The van der Waals surface area contributed by atoms with Crippen LogP contribution in [0.15, 0.2) is 16.7 Å². The smallest absolute Gasteiger partial charge is 0.313 e. The number of esters is 1. The number of methoxy groups -OCH3 is 1. The van der Waals surface area contributed by atoms with Gasteiger partial charge < -0.3 is 9.15 Å². The second-order valence-electron chi connectivity index (χ2n) is 2.53. The van der Waals surface area contributed by atoms with Crippen LogP contribution in [-0.2, 0) is 22.4 Å². The van der Waals surface area contributed by atoms with Crippen molar-refractivity contribution in [1.82, 2.24) is 0 Å². The molecule has 0 bridgehead atoms. The van der Waals surface area contributed by atoms with Crippen molar-refractivity contribution in [2.75, 3.05) is 7.11 Å². The molecule has 0 spiro atoms. The van der Waals surface area contributed by atoms with E-state index in [1.165, 1.54) is 7.11 Å². The van der Waals surface area contributed by atoms with E-state index in [-0.39, 0.29) is 12.4 Å². The maximum Gasteiger partial charge on any atom is 0.313 e. The zero-order chi connectivity index (χ0) is 8.97. The van der Waals surface area contributed by atoms with E-state index in [4.69, 9.17) is 4.42 Å². The number of furan rings is 1. The minimum absolute atomic E-state index is 0.219. The lowest BCUT2D eigenvalue weighted by molar-refractivity contribution is -0.140. The SMILES string of the molecule is CCc1coc(CC(=O)OC)c1. The molecule has 0 saturated carbocycles. The lowest BCUT2D eigenvalue weighted by atomic mass is 10.2. The lowest BCUT2D eigenvalue weighted by Gasteiger charge is -1.93. The molecule has 3 heteroatoms. The summed E-state index contributed by atoms with van der Waals surface area (Å²) in [4.78, 5) is 10.8. The van der Waals surface area contributed by atoms with E-state index in [0.29, 0.717) is 5.76 Å². The molecule has 1 rings (SSSR count). The number of aryl methyl sites for hydroxylation is 1. The maximum atomic E-state index is 10.8. The highest BCUT2D eigenvalue weighted by atomic mass is 16.5. The van der Waals surface area contributed by atoms with E-state index in [0.717, 1.165) is 12.0 Å². The highest BCUT2D eigenvalue weighted by Gasteiger charge is 2.06. The highest BCUT2D eigenvalue weighted by molar-refractivity contribution is 5.71. The molecule has 0 fully saturated rings. The molecule has 1 aromatic heterocycles. The average Bonchev–Trinajstić information content (AvgIpc) is 2.52. The van der Waals surface area contributed by atoms with Gasteiger partial charge in [0.25, 0.3) is 0 Å². The summed E-state index contributed by atoms with van der Waals surface area (Å²) < 4.78 is 9.63. The third-order valence-electron chi connectivity index (χ3n) is 1.66. The van der Waals surface area contributed by atoms with Gasteiger partial charge in [0, 0.05) is 0 Å². The lowest BCUT2D eigenvalue weighted by Crippen LogP contribution is -2.03. The van der Waals surface area contributed by atoms with Crippen molar-refractivity contribution in [3.8, 4) is 0 Å². The minimum Gasteiger partial charge on any atom is -0.469 e. The third kappa shape index (κ3) is 2.12. The monoisotopic (exact) mass is 168 g/mol. The Morgan fingerprint density at radius 2 is 2.42 bits per heavy atom. The normalized spacial score (nSPS) is 9.83. The van der Waals surface area contributed by atoms with Gasteiger partial charge in [-0.05, 0) is 18.1 Å². The van der Waals surface area contributed by atoms with E-state index in [2.05, 4.69) is 4.74 Å². The van der Waals surface area contributed by atoms with Crippen molar-refractivity contribution >= 4 is 5.97 Å². The second kappa shape index (κ2) is 3.95.